The second-order valence-corrected chi connectivity index (χ2v) is 30.3. The zero-order chi connectivity index (χ0) is 77.6. The third kappa shape index (κ3) is 25.2. The fraction of sp³-hybridized carbons (Fsp3) is 0.662. The Labute approximate surface area is 610 Å². The molecular weight excluding hydrogens is 1320 g/mol. The predicted molar refractivity (Wildman–Crippen MR) is 390 cm³/mol. The highest BCUT2D eigenvalue weighted by Gasteiger charge is 2.43. The van der Waals surface area contributed by atoms with Crippen LogP contribution < -0.4 is 16.0 Å². The van der Waals surface area contributed by atoms with E-state index in [-0.39, 0.29) is 62.2 Å². The molecule has 4 N–H and O–H groups in total. The topological polar surface area (TPSA) is 321 Å². The van der Waals surface area contributed by atoms with E-state index in [9.17, 15) is 57.8 Å². The number of amides is 11. The van der Waals surface area contributed by atoms with Crippen LogP contribution in [0.3, 0.4) is 0 Å². The maximum absolute atomic E-state index is 15.5. The molecule has 0 saturated carbocycles. The van der Waals surface area contributed by atoms with Gasteiger partial charge in [-0.15, -0.1) is 0 Å². The number of aliphatic hydroxyl groups excluding tert-OH is 1. The van der Waals surface area contributed by atoms with Crippen molar-refractivity contribution in [1.82, 2.24) is 55.1 Å². The van der Waals surface area contributed by atoms with Crippen LogP contribution in [0.4, 0.5) is 0 Å². The molecule has 2 aliphatic heterocycles. The van der Waals surface area contributed by atoms with Crippen LogP contribution >= 0.6 is 0 Å². The molecule has 103 heavy (non-hydrogen) atoms. The number of carbonyl (C=O) groups excluding carboxylic acids is 14. The van der Waals surface area contributed by atoms with Crippen LogP contribution in [0.2, 0.25) is 0 Å². The van der Waals surface area contributed by atoms with E-state index in [0.717, 1.165) is 43.8 Å². The highest BCUT2D eigenvalue weighted by atomic mass is 16.3. The van der Waals surface area contributed by atoms with Crippen molar-refractivity contribution < 1.29 is 72.2 Å². The van der Waals surface area contributed by atoms with Crippen LogP contribution in [0, 0.1) is 41.4 Å². The molecule has 26 heteroatoms. The first-order valence-electron chi connectivity index (χ1n) is 36.5. The molecule has 11 amide bonds. The fourth-order valence-electron chi connectivity index (χ4n) is 13.4. The Hall–Kier alpha value is -8.42. The van der Waals surface area contributed by atoms with Gasteiger partial charge < -0.3 is 60.3 Å². The molecule has 4 rings (SSSR count). The van der Waals surface area contributed by atoms with Gasteiger partial charge in [-0.05, 0) is 101 Å². The third-order valence-electron chi connectivity index (χ3n) is 20.2. The van der Waals surface area contributed by atoms with E-state index < -0.39 is 187 Å². The smallest absolute Gasteiger partial charge is 0.245 e. The number of aliphatic hydroxyl groups is 1. The molecular formula is C77H119N11O15. The van der Waals surface area contributed by atoms with E-state index >= 15 is 14.4 Å². The van der Waals surface area contributed by atoms with Crippen LogP contribution in [-0.4, -0.2) is 257 Å². The minimum Gasteiger partial charge on any atom is -0.393 e. The maximum Gasteiger partial charge on any atom is 0.245 e. The van der Waals surface area contributed by atoms with Gasteiger partial charge in [-0.1, -0.05) is 123 Å². The number of carbonyl (C=O) groups is 14. The van der Waals surface area contributed by atoms with Crippen molar-refractivity contribution in [3.63, 3.8) is 0 Å². The zero-order valence-corrected chi connectivity index (χ0v) is 64.6. The third-order valence-corrected chi connectivity index (χ3v) is 20.2. The van der Waals surface area contributed by atoms with Gasteiger partial charge in [0.05, 0.1) is 49.2 Å². The van der Waals surface area contributed by atoms with Crippen molar-refractivity contribution in [2.24, 2.45) is 41.4 Å². The molecule has 572 valence electrons. The van der Waals surface area contributed by atoms with Gasteiger partial charge in [0.25, 0.3) is 0 Å². The second kappa shape index (κ2) is 40.6. The van der Waals surface area contributed by atoms with Gasteiger partial charge in [0.2, 0.25) is 65.0 Å². The Morgan fingerprint density at radius 1 is 0.544 bits per heavy atom. The van der Waals surface area contributed by atoms with Crippen molar-refractivity contribution >= 4 is 82.3 Å². The molecule has 26 nitrogen and oxygen atoms in total. The lowest BCUT2D eigenvalue weighted by molar-refractivity contribution is -0.150. The summed E-state index contributed by atoms with van der Waals surface area (Å²) in [6.07, 6.45) is -0.908. The van der Waals surface area contributed by atoms with Gasteiger partial charge in [-0.2, -0.15) is 0 Å². The van der Waals surface area contributed by atoms with Gasteiger partial charge in [0.15, 0.2) is 17.3 Å². The van der Waals surface area contributed by atoms with Gasteiger partial charge in [-0.3, -0.25) is 67.1 Å². The lowest BCUT2D eigenvalue weighted by Crippen LogP contribution is -2.59. The van der Waals surface area contributed by atoms with Crippen molar-refractivity contribution in [3.8, 4) is 0 Å². The molecule has 2 saturated heterocycles. The Morgan fingerprint density at radius 2 is 1.08 bits per heavy atom. The highest BCUT2D eigenvalue weighted by Crippen LogP contribution is 2.27. The van der Waals surface area contributed by atoms with Gasteiger partial charge >= 0.3 is 0 Å². The fourth-order valence-corrected chi connectivity index (χ4v) is 13.4. The summed E-state index contributed by atoms with van der Waals surface area (Å²) in [5.74, 6) is -14.4. The number of benzene rings is 2. The highest BCUT2D eigenvalue weighted by molar-refractivity contribution is 6.00. The standard InChI is InChI=1S/C77H119N11O15/c1-46(2)35-58-75(101)86(18)62(37-48(5)6)77(103)83(15)51(10)63(90)41-56(74(100)85(17)61(40-55-31-25-21-26-32-55)64(91)38-50(9)73(99)88-33-27-22-28-34-88)42-66(93)81(13)45-68(95)84(16)60(36-47(3)4)65(92)43-57(53(12)89)71(97)80-59(39-54-29-23-20-24-30-54)76(102)87(19)69(49(7)8)72(98)78-44-67(94)82(14)52(11)70(96)79-58/h20-21,23-26,29-32,46-53,56-62,69,89H,22,27-28,33-45H2,1-19H3,(H,78,98)(H,79,96)(H,80,97)/t50-,51+,52+,53-,56+,57+,58+,59+,60+,61+,62+,69+/m1/s1. The summed E-state index contributed by atoms with van der Waals surface area (Å²) >= 11 is 0. The first-order chi connectivity index (χ1) is 48.2. The van der Waals surface area contributed by atoms with Crippen LogP contribution in [0.5, 0.6) is 0 Å². The molecule has 2 fully saturated rings. The summed E-state index contributed by atoms with van der Waals surface area (Å²) in [5, 5.41) is 19.5. The average molecular weight is 1440 g/mol. The molecule has 2 heterocycles. The molecule has 2 aromatic rings. The predicted octanol–water partition coefficient (Wildman–Crippen LogP) is 4.36. The van der Waals surface area contributed by atoms with E-state index in [1.165, 1.54) is 79.9 Å². The van der Waals surface area contributed by atoms with Gasteiger partial charge in [-0.25, -0.2) is 0 Å². The Balaban J connectivity index is 1.89. The van der Waals surface area contributed by atoms with E-state index in [4.69, 9.17) is 0 Å². The first-order valence-corrected chi connectivity index (χ1v) is 36.5. The number of ketones is 3. The molecule has 2 aliphatic rings. The monoisotopic (exact) mass is 1440 g/mol. The molecule has 0 unspecified atom stereocenters. The SMILES string of the molecule is CC(C)C[C@@H]1NC(=O)[C@H](C)N(C)C(=O)CNC(=O)[C@H](C(C)C)N(C)C(=O)[C@H](Cc2ccccc2)NC(=O)[C@H]([C@@H](C)O)CC(=O)[C@H](CC(C)C)N(C)C(=O)CN(C)C(=O)C[C@@H](C(=O)N(C)[C@@H](Cc2ccccc2)C(=O)C[C@@H](C)C(=O)N2CCCCC2)CC(=O)[C@H](C)N(C)C(=O)[C@H](CC(C)C)N(C)C1=O. The van der Waals surface area contributed by atoms with Gasteiger partial charge in [0, 0.05) is 100 Å². The lowest BCUT2D eigenvalue weighted by atomic mass is 9.89. The first kappa shape index (κ1) is 87.0. The molecule has 0 radical (unpaired) electrons. The number of likely N-dealkylation sites (N-methyl/N-ethyl adjacent to an activating group) is 7. The molecule has 0 aromatic heterocycles. The largest absolute Gasteiger partial charge is 0.393 e. The van der Waals surface area contributed by atoms with E-state index in [2.05, 4.69) is 16.0 Å². The molecule has 12 atom stereocenters. The summed E-state index contributed by atoms with van der Waals surface area (Å²) in [6.45, 7) is 20.0. The number of nitrogens with one attached hydrogen (secondary N) is 3. The summed E-state index contributed by atoms with van der Waals surface area (Å²) in [6, 6.07) is 7.55. The van der Waals surface area contributed by atoms with Crippen molar-refractivity contribution in [1.29, 1.82) is 0 Å². The number of rotatable bonds is 18. The Bertz CT molecular complexity index is 3270. The van der Waals surface area contributed by atoms with Gasteiger partial charge in [0.1, 0.15) is 30.2 Å². The minimum atomic E-state index is -1.53. The molecule has 2 aromatic carbocycles. The summed E-state index contributed by atoms with van der Waals surface area (Å²) in [7, 11) is 9.58. The van der Waals surface area contributed by atoms with Crippen molar-refractivity contribution in [2.45, 2.75) is 215 Å². The van der Waals surface area contributed by atoms with Crippen LogP contribution in [0.1, 0.15) is 158 Å². The van der Waals surface area contributed by atoms with Crippen molar-refractivity contribution in [3.05, 3.63) is 71.8 Å². The lowest BCUT2D eigenvalue weighted by Gasteiger charge is -2.37. The molecule has 0 spiro atoms. The number of Topliss-reactive ketones (excluding diaryl/α,β-unsaturated/α-hetero) is 3. The van der Waals surface area contributed by atoms with Crippen molar-refractivity contribution in [2.75, 3.05) is 75.5 Å². The summed E-state index contributed by atoms with van der Waals surface area (Å²) in [4.78, 5) is 215. The van der Waals surface area contributed by atoms with E-state index in [1.54, 1.807) is 86.3 Å². The summed E-state index contributed by atoms with van der Waals surface area (Å²) in [5.41, 5.74) is 1.28. The van der Waals surface area contributed by atoms with Crippen LogP contribution in [-0.2, 0) is 80.0 Å². The Kier molecular flexibility index (Phi) is 34.3. The number of piperidine rings is 1. The molecule has 0 aliphatic carbocycles. The second-order valence-electron chi connectivity index (χ2n) is 30.3. The van der Waals surface area contributed by atoms with Crippen LogP contribution in [0.15, 0.2) is 60.7 Å². The summed E-state index contributed by atoms with van der Waals surface area (Å²) < 4.78 is 0. The van der Waals surface area contributed by atoms with Crippen LogP contribution in [0.25, 0.3) is 0 Å². The number of hydrogen-bond donors (Lipinski definition) is 4. The quantitative estimate of drug-likeness (QED) is 0.161. The zero-order valence-electron chi connectivity index (χ0n) is 64.6. The normalized spacial score (nSPS) is 24.5. The average Bonchev–Trinajstić information content (AvgIpc) is 0.829. The maximum atomic E-state index is 15.5. The Morgan fingerprint density at radius 3 is 1.62 bits per heavy atom. The number of likely N-dealkylation sites (tertiary alicyclic amines) is 1. The van der Waals surface area contributed by atoms with E-state index in [1.807, 2.05) is 41.5 Å². The number of nitrogens with zero attached hydrogens (tertiary/aromatic N) is 8. The minimum absolute atomic E-state index is 0.00111. The number of hydrogen-bond acceptors (Lipinski definition) is 15. The molecule has 0 bridgehead atoms. The van der Waals surface area contributed by atoms with E-state index in [0.29, 0.717) is 24.2 Å².